The molecular weight excluding hydrogens is 427 g/mol. The largest absolute Gasteiger partial charge is 0.247 e. The number of aromatic nitrogens is 2. The van der Waals surface area contributed by atoms with Crippen molar-refractivity contribution in [3.05, 3.63) is 101 Å². The summed E-state index contributed by atoms with van der Waals surface area (Å²) >= 11 is 12.2. The number of benzene rings is 3. The van der Waals surface area contributed by atoms with Gasteiger partial charge in [-0.15, -0.1) is 0 Å². The highest BCUT2D eigenvalue weighted by Crippen LogP contribution is 2.27. The van der Waals surface area contributed by atoms with Gasteiger partial charge in [0.1, 0.15) is 0 Å². The first-order valence-electron chi connectivity index (χ1n) is 9.75. The van der Waals surface area contributed by atoms with Crippen molar-refractivity contribution < 1.29 is 0 Å². The monoisotopic (exact) mass is 446 g/mol. The summed E-state index contributed by atoms with van der Waals surface area (Å²) in [5.74, 6) is 0.500. The second-order valence-corrected chi connectivity index (χ2v) is 7.82. The van der Waals surface area contributed by atoms with Crippen molar-refractivity contribution in [3.63, 3.8) is 0 Å². The molecule has 0 saturated heterocycles. The molecule has 3 aromatic carbocycles. The van der Waals surface area contributed by atoms with Gasteiger partial charge in [-0.2, -0.15) is 5.10 Å². The van der Waals surface area contributed by atoms with Crippen LogP contribution in [0, 0.1) is 0 Å². The minimum absolute atomic E-state index is 0.491. The fourth-order valence-corrected chi connectivity index (χ4v) is 3.44. The molecular formula is C25H20Cl2N4. The minimum atomic E-state index is 0.491. The zero-order valence-electron chi connectivity index (χ0n) is 17.1. The van der Waals surface area contributed by atoms with Crippen LogP contribution in [0.25, 0.3) is 22.5 Å². The van der Waals surface area contributed by atoms with Gasteiger partial charge in [0, 0.05) is 18.2 Å². The molecule has 0 radical (unpaired) electrons. The molecule has 4 aromatic rings. The molecule has 6 heteroatoms. The summed E-state index contributed by atoms with van der Waals surface area (Å²) in [7, 11) is 1.83. The lowest BCUT2D eigenvalue weighted by Crippen LogP contribution is -2.16. The molecule has 0 unspecified atom stereocenters. The summed E-state index contributed by atoms with van der Waals surface area (Å²) in [4.78, 5) is 9.54. The quantitative estimate of drug-likeness (QED) is 0.245. The van der Waals surface area contributed by atoms with Gasteiger partial charge < -0.3 is 0 Å². The molecule has 0 aliphatic heterocycles. The molecule has 0 bridgehead atoms. The van der Waals surface area contributed by atoms with Crippen molar-refractivity contribution >= 4 is 34.9 Å². The van der Waals surface area contributed by atoms with Gasteiger partial charge in [0.25, 0.3) is 0 Å². The van der Waals surface area contributed by atoms with Gasteiger partial charge in [0.05, 0.1) is 27.1 Å². The molecule has 4 nitrogen and oxygen atoms in total. The molecule has 1 aromatic heterocycles. The third kappa shape index (κ3) is 4.93. The maximum Gasteiger partial charge on any atom is 0.247 e. The Morgan fingerprint density at radius 2 is 1.29 bits per heavy atom. The normalized spacial score (nSPS) is 11.4. The SMILES string of the molecule is C/C(=N/N(C)c1nc(-c2ccccc2)cc(-c2ccccc2)n1)c1ccc(Cl)c(Cl)c1. The van der Waals surface area contributed by atoms with Crippen LogP contribution in [0.4, 0.5) is 5.95 Å². The highest BCUT2D eigenvalue weighted by molar-refractivity contribution is 6.42. The van der Waals surface area contributed by atoms with Crippen LogP contribution in [-0.4, -0.2) is 22.7 Å². The maximum absolute atomic E-state index is 6.16. The smallest absolute Gasteiger partial charge is 0.235 e. The third-order valence-corrected chi connectivity index (χ3v) is 5.52. The lowest BCUT2D eigenvalue weighted by Gasteiger charge is -2.16. The molecule has 0 aliphatic carbocycles. The van der Waals surface area contributed by atoms with Crippen molar-refractivity contribution in [2.24, 2.45) is 5.10 Å². The zero-order chi connectivity index (χ0) is 21.8. The van der Waals surface area contributed by atoms with Crippen molar-refractivity contribution in [1.29, 1.82) is 0 Å². The number of nitrogens with zero attached hydrogens (tertiary/aromatic N) is 4. The Hall–Kier alpha value is -3.21. The van der Waals surface area contributed by atoms with Crippen molar-refractivity contribution in [3.8, 4) is 22.5 Å². The van der Waals surface area contributed by atoms with E-state index in [-0.39, 0.29) is 0 Å². The molecule has 0 spiro atoms. The Balaban J connectivity index is 1.76. The van der Waals surface area contributed by atoms with E-state index in [4.69, 9.17) is 33.2 Å². The Bertz CT molecular complexity index is 1170. The molecule has 0 N–H and O–H groups in total. The van der Waals surface area contributed by atoms with Crippen LogP contribution in [0.15, 0.2) is 90.0 Å². The summed E-state index contributed by atoms with van der Waals surface area (Å²) in [5, 5.41) is 7.36. The summed E-state index contributed by atoms with van der Waals surface area (Å²) in [5.41, 5.74) is 5.35. The van der Waals surface area contributed by atoms with E-state index in [0.717, 1.165) is 33.8 Å². The molecule has 1 heterocycles. The van der Waals surface area contributed by atoms with Crippen molar-refractivity contribution in [1.82, 2.24) is 9.97 Å². The topological polar surface area (TPSA) is 41.4 Å². The Kier molecular flexibility index (Phi) is 6.31. The van der Waals surface area contributed by atoms with Gasteiger partial charge in [-0.25, -0.2) is 15.0 Å². The molecule has 154 valence electrons. The second kappa shape index (κ2) is 9.29. The van der Waals surface area contributed by atoms with Crippen LogP contribution in [0.5, 0.6) is 0 Å². The summed E-state index contributed by atoms with van der Waals surface area (Å²) in [6.45, 7) is 1.91. The van der Waals surface area contributed by atoms with Crippen molar-refractivity contribution in [2.75, 3.05) is 12.1 Å². The highest BCUT2D eigenvalue weighted by Gasteiger charge is 2.12. The van der Waals surface area contributed by atoms with E-state index >= 15 is 0 Å². The summed E-state index contributed by atoms with van der Waals surface area (Å²) in [6, 6.07) is 27.5. The first-order chi connectivity index (χ1) is 15.0. The van der Waals surface area contributed by atoms with Crippen LogP contribution >= 0.6 is 23.2 Å². The molecule has 0 aliphatic rings. The van der Waals surface area contributed by atoms with Crippen LogP contribution in [-0.2, 0) is 0 Å². The van der Waals surface area contributed by atoms with E-state index < -0.39 is 0 Å². The number of anilines is 1. The number of hydrogen-bond donors (Lipinski definition) is 0. The van der Waals surface area contributed by atoms with Gasteiger partial charge in [-0.1, -0.05) is 89.9 Å². The average Bonchev–Trinajstić information content (AvgIpc) is 2.81. The lowest BCUT2D eigenvalue weighted by atomic mass is 10.1. The number of hydrazone groups is 1. The van der Waals surface area contributed by atoms with E-state index in [9.17, 15) is 0 Å². The zero-order valence-corrected chi connectivity index (χ0v) is 18.6. The van der Waals surface area contributed by atoms with Crippen LogP contribution < -0.4 is 5.01 Å². The van der Waals surface area contributed by atoms with Crippen LogP contribution in [0.1, 0.15) is 12.5 Å². The Morgan fingerprint density at radius 3 is 1.81 bits per heavy atom. The first-order valence-corrected chi connectivity index (χ1v) is 10.5. The maximum atomic E-state index is 6.16. The van der Waals surface area contributed by atoms with Crippen LogP contribution in [0.3, 0.4) is 0 Å². The second-order valence-electron chi connectivity index (χ2n) is 7.01. The fourth-order valence-electron chi connectivity index (χ4n) is 3.14. The lowest BCUT2D eigenvalue weighted by molar-refractivity contribution is 0.932. The molecule has 31 heavy (non-hydrogen) atoms. The molecule has 0 atom stereocenters. The molecule has 4 rings (SSSR count). The summed E-state index contributed by atoms with van der Waals surface area (Å²) in [6.07, 6.45) is 0. The van der Waals surface area contributed by atoms with E-state index in [1.54, 1.807) is 17.1 Å². The van der Waals surface area contributed by atoms with Gasteiger partial charge in [0.2, 0.25) is 5.95 Å². The van der Waals surface area contributed by atoms with E-state index in [1.165, 1.54) is 0 Å². The summed E-state index contributed by atoms with van der Waals surface area (Å²) < 4.78 is 0. The Labute approximate surface area is 191 Å². The molecule has 0 saturated carbocycles. The number of halogens is 2. The predicted molar refractivity (Wildman–Crippen MR) is 130 cm³/mol. The average molecular weight is 447 g/mol. The van der Waals surface area contributed by atoms with Gasteiger partial charge in [-0.05, 0) is 30.7 Å². The Morgan fingerprint density at radius 1 is 0.742 bits per heavy atom. The minimum Gasteiger partial charge on any atom is -0.235 e. The van der Waals surface area contributed by atoms with E-state index in [1.807, 2.05) is 86.8 Å². The first kappa shape index (κ1) is 21.0. The number of hydrogen-bond acceptors (Lipinski definition) is 4. The van der Waals surface area contributed by atoms with Gasteiger partial charge in [-0.3, -0.25) is 0 Å². The van der Waals surface area contributed by atoms with Gasteiger partial charge >= 0.3 is 0 Å². The van der Waals surface area contributed by atoms with Crippen LogP contribution in [0.2, 0.25) is 10.0 Å². The third-order valence-electron chi connectivity index (χ3n) is 4.78. The fraction of sp³-hybridized carbons (Fsp3) is 0.0800. The molecule has 0 amide bonds. The van der Waals surface area contributed by atoms with Gasteiger partial charge in [0.15, 0.2) is 0 Å². The number of rotatable bonds is 5. The van der Waals surface area contributed by atoms with E-state index in [0.29, 0.717) is 16.0 Å². The standard InChI is InChI=1S/C25H20Cl2N4/c1-17(20-13-14-21(26)22(27)15-20)30-31(2)25-28-23(18-9-5-3-6-10-18)16-24(29-25)19-11-7-4-8-12-19/h3-16H,1-2H3/b30-17-. The molecule has 0 fully saturated rings. The highest BCUT2D eigenvalue weighted by atomic mass is 35.5. The van der Waals surface area contributed by atoms with Crippen molar-refractivity contribution in [2.45, 2.75) is 6.92 Å². The predicted octanol–water partition coefficient (Wildman–Crippen LogP) is 6.98. The van der Waals surface area contributed by atoms with E-state index in [2.05, 4.69) is 5.10 Å².